The number of nitrogens with zero attached hydrogens (tertiary/aromatic N) is 3. The van der Waals surface area contributed by atoms with Gasteiger partial charge in [0.1, 0.15) is 11.5 Å². The van der Waals surface area contributed by atoms with E-state index in [2.05, 4.69) is 15.6 Å². The van der Waals surface area contributed by atoms with Gasteiger partial charge in [0.15, 0.2) is 5.69 Å². The number of hydrogen-bond acceptors (Lipinski definition) is 5. The van der Waals surface area contributed by atoms with Crippen LogP contribution in [0.3, 0.4) is 0 Å². The Morgan fingerprint density at radius 2 is 1.74 bits per heavy atom. The van der Waals surface area contributed by atoms with Crippen LogP contribution in [-0.4, -0.2) is 35.1 Å². The maximum absolute atomic E-state index is 12.7. The van der Waals surface area contributed by atoms with Gasteiger partial charge in [-0.25, -0.2) is 4.68 Å². The van der Waals surface area contributed by atoms with E-state index in [1.807, 2.05) is 66.7 Å². The zero-order chi connectivity index (χ0) is 21.6. The Balaban J connectivity index is 1.52. The van der Waals surface area contributed by atoms with Crippen LogP contribution >= 0.6 is 0 Å². The van der Waals surface area contributed by atoms with E-state index in [9.17, 15) is 4.79 Å². The van der Waals surface area contributed by atoms with Crippen molar-refractivity contribution in [3.05, 3.63) is 90.3 Å². The molecule has 0 saturated heterocycles. The topological polar surface area (TPSA) is 78.3 Å². The first-order valence-corrected chi connectivity index (χ1v) is 9.74. The molecule has 0 atom stereocenters. The van der Waals surface area contributed by atoms with Gasteiger partial charge in [-0.15, -0.1) is 5.10 Å². The summed E-state index contributed by atoms with van der Waals surface area (Å²) in [7, 11) is 3.24. The summed E-state index contributed by atoms with van der Waals surface area (Å²) in [5.74, 6) is 1.15. The zero-order valence-corrected chi connectivity index (χ0v) is 17.3. The lowest BCUT2D eigenvalue weighted by Crippen LogP contribution is -2.12. The molecule has 0 aliphatic rings. The van der Waals surface area contributed by atoms with Gasteiger partial charge in [0.25, 0.3) is 5.91 Å². The summed E-state index contributed by atoms with van der Waals surface area (Å²) in [6, 6.07) is 23.0. The fourth-order valence-corrected chi connectivity index (χ4v) is 3.23. The van der Waals surface area contributed by atoms with E-state index in [1.54, 1.807) is 31.2 Å². The predicted molar refractivity (Wildman–Crippen MR) is 119 cm³/mol. The molecule has 4 aromatic rings. The highest BCUT2D eigenvalue weighted by Gasteiger charge is 2.14. The van der Waals surface area contributed by atoms with Crippen LogP contribution in [-0.2, 0) is 6.54 Å². The highest BCUT2D eigenvalue weighted by Crippen LogP contribution is 2.33. The number of methoxy groups -OCH3 is 2. The maximum atomic E-state index is 12.7. The van der Waals surface area contributed by atoms with Gasteiger partial charge < -0.3 is 14.8 Å². The van der Waals surface area contributed by atoms with Gasteiger partial charge in [-0.05, 0) is 41.5 Å². The Labute approximate surface area is 180 Å². The number of hydrogen-bond donors (Lipinski definition) is 1. The molecule has 0 unspecified atom stereocenters. The minimum Gasteiger partial charge on any atom is -0.497 e. The summed E-state index contributed by atoms with van der Waals surface area (Å²) in [4.78, 5) is 12.7. The molecule has 1 N–H and O–H groups in total. The molecule has 31 heavy (non-hydrogen) atoms. The SMILES string of the molecule is COc1ccc(-c2cc(NC(=O)c3cn(Cc4ccccc4)nn3)ccc2OC)cc1. The number of benzene rings is 3. The van der Waals surface area contributed by atoms with E-state index in [-0.39, 0.29) is 11.6 Å². The third-order valence-corrected chi connectivity index (χ3v) is 4.82. The molecular formula is C24H22N4O3. The highest BCUT2D eigenvalue weighted by atomic mass is 16.5. The Hall–Kier alpha value is -4.13. The molecule has 0 bridgehead atoms. The van der Waals surface area contributed by atoms with Gasteiger partial charge in [0.05, 0.1) is 27.0 Å². The van der Waals surface area contributed by atoms with E-state index in [4.69, 9.17) is 9.47 Å². The Bertz CT molecular complexity index is 1170. The molecule has 3 aromatic carbocycles. The van der Waals surface area contributed by atoms with Crippen molar-refractivity contribution in [3.63, 3.8) is 0 Å². The van der Waals surface area contributed by atoms with Crippen LogP contribution in [0, 0.1) is 0 Å². The lowest BCUT2D eigenvalue weighted by molar-refractivity contribution is 0.102. The van der Waals surface area contributed by atoms with E-state index in [1.165, 1.54) is 0 Å². The third kappa shape index (κ3) is 4.72. The number of ether oxygens (including phenoxy) is 2. The number of nitrogens with one attached hydrogen (secondary N) is 1. The van der Waals surface area contributed by atoms with Crippen molar-refractivity contribution in [2.24, 2.45) is 0 Å². The van der Waals surface area contributed by atoms with Crippen LogP contribution in [0.25, 0.3) is 11.1 Å². The quantitative estimate of drug-likeness (QED) is 0.489. The number of carbonyl (C=O) groups is 1. The standard InChI is InChI=1S/C24H22N4O3/c1-30-20-11-8-18(9-12-20)21-14-19(10-13-23(21)31-2)25-24(29)22-16-28(27-26-22)15-17-6-4-3-5-7-17/h3-14,16H,15H2,1-2H3,(H,25,29). The molecule has 7 heteroatoms. The number of carbonyl (C=O) groups excluding carboxylic acids is 1. The molecule has 0 aliphatic heterocycles. The molecule has 7 nitrogen and oxygen atoms in total. The first-order chi connectivity index (χ1) is 15.2. The fraction of sp³-hybridized carbons (Fsp3) is 0.125. The molecule has 1 aromatic heterocycles. The summed E-state index contributed by atoms with van der Waals surface area (Å²) in [6.45, 7) is 0.547. The average molecular weight is 414 g/mol. The number of amides is 1. The van der Waals surface area contributed by atoms with Crippen molar-refractivity contribution in [3.8, 4) is 22.6 Å². The van der Waals surface area contributed by atoms with Crippen molar-refractivity contribution in [1.29, 1.82) is 0 Å². The monoisotopic (exact) mass is 414 g/mol. The van der Waals surface area contributed by atoms with Crippen molar-refractivity contribution in [2.75, 3.05) is 19.5 Å². The normalized spacial score (nSPS) is 10.5. The van der Waals surface area contributed by atoms with Crippen molar-refractivity contribution in [2.45, 2.75) is 6.54 Å². The van der Waals surface area contributed by atoms with Gasteiger partial charge >= 0.3 is 0 Å². The van der Waals surface area contributed by atoms with Gasteiger partial charge in [0, 0.05) is 11.3 Å². The van der Waals surface area contributed by atoms with Crippen LogP contribution in [0.1, 0.15) is 16.1 Å². The van der Waals surface area contributed by atoms with Gasteiger partial charge in [0.2, 0.25) is 0 Å². The lowest BCUT2D eigenvalue weighted by atomic mass is 10.0. The lowest BCUT2D eigenvalue weighted by Gasteiger charge is -2.12. The van der Waals surface area contributed by atoms with Crippen LogP contribution in [0.2, 0.25) is 0 Å². The molecule has 0 spiro atoms. The molecular weight excluding hydrogens is 392 g/mol. The summed E-state index contributed by atoms with van der Waals surface area (Å²) >= 11 is 0. The third-order valence-electron chi connectivity index (χ3n) is 4.82. The largest absolute Gasteiger partial charge is 0.497 e. The zero-order valence-electron chi connectivity index (χ0n) is 17.3. The number of rotatable bonds is 7. The van der Waals surface area contributed by atoms with Gasteiger partial charge in [-0.2, -0.15) is 0 Å². The minimum atomic E-state index is -0.329. The predicted octanol–water partition coefficient (Wildman–Crippen LogP) is 4.26. The smallest absolute Gasteiger partial charge is 0.277 e. The first kappa shape index (κ1) is 20.2. The second-order valence-electron chi connectivity index (χ2n) is 6.88. The summed E-state index contributed by atoms with van der Waals surface area (Å²) < 4.78 is 12.4. The van der Waals surface area contributed by atoms with Gasteiger partial charge in [-0.3, -0.25) is 4.79 Å². The van der Waals surface area contributed by atoms with Crippen molar-refractivity contribution in [1.82, 2.24) is 15.0 Å². The Morgan fingerprint density at radius 3 is 2.45 bits per heavy atom. The van der Waals surface area contributed by atoms with E-state index < -0.39 is 0 Å². The van der Waals surface area contributed by atoms with Gasteiger partial charge in [-0.1, -0.05) is 47.7 Å². The number of aromatic nitrogens is 3. The minimum absolute atomic E-state index is 0.248. The van der Waals surface area contributed by atoms with E-state index in [0.29, 0.717) is 18.0 Å². The summed E-state index contributed by atoms with van der Waals surface area (Å²) in [5.41, 5.74) is 3.77. The first-order valence-electron chi connectivity index (χ1n) is 9.74. The molecule has 0 saturated carbocycles. The molecule has 0 aliphatic carbocycles. The van der Waals surface area contributed by atoms with Crippen LogP contribution in [0.4, 0.5) is 5.69 Å². The summed E-state index contributed by atoms with van der Waals surface area (Å²) in [5, 5.41) is 10.9. The summed E-state index contributed by atoms with van der Waals surface area (Å²) in [6.07, 6.45) is 1.64. The van der Waals surface area contributed by atoms with E-state index in [0.717, 1.165) is 22.4 Å². The average Bonchev–Trinajstić information content (AvgIpc) is 3.28. The molecule has 1 heterocycles. The molecule has 1 amide bonds. The molecule has 156 valence electrons. The second-order valence-corrected chi connectivity index (χ2v) is 6.88. The van der Waals surface area contributed by atoms with Crippen LogP contribution in [0.5, 0.6) is 11.5 Å². The van der Waals surface area contributed by atoms with Crippen molar-refractivity contribution < 1.29 is 14.3 Å². The molecule has 4 rings (SSSR count). The molecule has 0 fully saturated rings. The highest BCUT2D eigenvalue weighted by molar-refractivity contribution is 6.03. The van der Waals surface area contributed by atoms with Crippen LogP contribution in [0.15, 0.2) is 79.0 Å². The van der Waals surface area contributed by atoms with E-state index >= 15 is 0 Å². The Morgan fingerprint density at radius 1 is 0.968 bits per heavy atom. The second kappa shape index (κ2) is 9.13. The Kier molecular flexibility index (Phi) is 5.93. The number of anilines is 1. The fourth-order valence-electron chi connectivity index (χ4n) is 3.23. The van der Waals surface area contributed by atoms with Crippen molar-refractivity contribution >= 4 is 11.6 Å². The molecule has 0 radical (unpaired) electrons. The van der Waals surface area contributed by atoms with Crippen LogP contribution < -0.4 is 14.8 Å². The maximum Gasteiger partial charge on any atom is 0.277 e.